The maximum Gasteiger partial charge on any atom is 0.231 e. The molecule has 1 atom stereocenters. The lowest BCUT2D eigenvalue weighted by Gasteiger charge is -2.17. The van der Waals surface area contributed by atoms with E-state index in [9.17, 15) is 9.59 Å². The van der Waals surface area contributed by atoms with Crippen LogP contribution in [-0.2, 0) is 16.0 Å². The number of carbonyl (C=O) groups is 2. The molecule has 1 aliphatic rings. The van der Waals surface area contributed by atoms with Crippen LogP contribution in [0.5, 0.6) is 5.75 Å². The normalized spacial score (nSPS) is 17.0. The largest absolute Gasteiger partial charge is 0.497 e. The number of nitrogens with zero attached hydrogens (tertiary/aromatic N) is 3. The first-order valence-electron chi connectivity index (χ1n) is 8.54. The van der Waals surface area contributed by atoms with Crippen molar-refractivity contribution in [3.05, 3.63) is 29.3 Å². The molecular formula is C18H22N4O3S. The molecule has 0 saturated carbocycles. The van der Waals surface area contributed by atoms with Gasteiger partial charge < -0.3 is 15.0 Å². The van der Waals surface area contributed by atoms with Crippen molar-refractivity contribution in [2.45, 2.75) is 26.7 Å². The summed E-state index contributed by atoms with van der Waals surface area (Å²) in [6, 6.07) is 7.27. The van der Waals surface area contributed by atoms with E-state index in [1.165, 1.54) is 11.3 Å². The summed E-state index contributed by atoms with van der Waals surface area (Å²) in [5.74, 6) is 0.475. The van der Waals surface area contributed by atoms with Crippen molar-refractivity contribution in [3.63, 3.8) is 0 Å². The Hall–Kier alpha value is -2.48. The minimum absolute atomic E-state index is 0.0730. The monoisotopic (exact) mass is 374 g/mol. The Morgan fingerprint density at radius 2 is 2.23 bits per heavy atom. The van der Waals surface area contributed by atoms with E-state index in [1.54, 1.807) is 18.1 Å². The van der Waals surface area contributed by atoms with Gasteiger partial charge in [0.25, 0.3) is 0 Å². The summed E-state index contributed by atoms with van der Waals surface area (Å²) < 4.78 is 5.20. The van der Waals surface area contributed by atoms with Crippen LogP contribution in [0.3, 0.4) is 0 Å². The number of carbonyl (C=O) groups excluding carboxylic acids is 2. The quantitative estimate of drug-likeness (QED) is 0.840. The second-order valence-electron chi connectivity index (χ2n) is 6.70. The number of hydrogen-bond acceptors (Lipinski definition) is 6. The molecule has 1 fully saturated rings. The molecule has 1 N–H and O–H groups in total. The van der Waals surface area contributed by atoms with Gasteiger partial charge in [-0.1, -0.05) is 31.3 Å². The zero-order valence-electron chi connectivity index (χ0n) is 15.1. The lowest BCUT2D eigenvalue weighted by molar-refractivity contribution is -0.122. The molecule has 0 radical (unpaired) electrons. The molecule has 138 valence electrons. The van der Waals surface area contributed by atoms with Gasteiger partial charge >= 0.3 is 0 Å². The van der Waals surface area contributed by atoms with Crippen LogP contribution in [0.25, 0.3) is 0 Å². The highest BCUT2D eigenvalue weighted by Gasteiger charge is 2.35. The van der Waals surface area contributed by atoms with Crippen molar-refractivity contribution in [2.24, 2.45) is 11.8 Å². The van der Waals surface area contributed by atoms with Crippen molar-refractivity contribution in [1.82, 2.24) is 10.2 Å². The van der Waals surface area contributed by atoms with Gasteiger partial charge in [-0.2, -0.15) is 0 Å². The Balaban J connectivity index is 1.64. The van der Waals surface area contributed by atoms with Gasteiger partial charge in [0.05, 0.1) is 13.0 Å². The fraction of sp³-hybridized carbons (Fsp3) is 0.444. The first-order chi connectivity index (χ1) is 12.5. The molecule has 1 saturated heterocycles. The van der Waals surface area contributed by atoms with Gasteiger partial charge in [-0.25, -0.2) is 0 Å². The van der Waals surface area contributed by atoms with E-state index in [0.717, 1.165) is 17.1 Å². The summed E-state index contributed by atoms with van der Waals surface area (Å²) in [5.41, 5.74) is 0.736. The van der Waals surface area contributed by atoms with Crippen LogP contribution in [0.15, 0.2) is 24.3 Å². The van der Waals surface area contributed by atoms with Gasteiger partial charge in [0.1, 0.15) is 10.8 Å². The molecule has 3 rings (SSSR count). The maximum atomic E-state index is 12.5. The number of rotatable bonds is 6. The zero-order chi connectivity index (χ0) is 18.7. The molecule has 8 heteroatoms. The second-order valence-corrected chi connectivity index (χ2v) is 7.76. The zero-order valence-corrected chi connectivity index (χ0v) is 15.9. The van der Waals surface area contributed by atoms with Crippen molar-refractivity contribution in [2.75, 3.05) is 23.9 Å². The number of amides is 2. The van der Waals surface area contributed by atoms with Gasteiger partial charge in [0, 0.05) is 31.1 Å². The number of aromatic nitrogens is 2. The Bertz CT molecular complexity index is 805. The van der Waals surface area contributed by atoms with Crippen LogP contribution >= 0.6 is 11.3 Å². The van der Waals surface area contributed by atoms with Gasteiger partial charge in [-0.3, -0.25) is 9.59 Å². The molecule has 2 amide bonds. The van der Waals surface area contributed by atoms with Crippen molar-refractivity contribution in [1.29, 1.82) is 0 Å². The molecule has 1 aromatic carbocycles. The third-order valence-corrected chi connectivity index (χ3v) is 5.00. The molecule has 1 aliphatic heterocycles. The van der Waals surface area contributed by atoms with E-state index in [4.69, 9.17) is 4.74 Å². The average molecular weight is 374 g/mol. The summed E-state index contributed by atoms with van der Waals surface area (Å²) in [6.45, 7) is 4.56. The summed E-state index contributed by atoms with van der Waals surface area (Å²) >= 11 is 1.38. The number of hydrogen-bond donors (Lipinski definition) is 1. The summed E-state index contributed by atoms with van der Waals surface area (Å²) in [7, 11) is 1.58. The van der Waals surface area contributed by atoms with E-state index >= 15 is 0 Å². The first kappa shape index (κ1) is 18.3. The van der Waals surface area contributed by atoms with Crippen molar-refractivity contribution < 1.29 is 14.3 Å². The molecule has 7 nitrogen and oxygen atoms in total. The van der Waals surface area contributed by atoms with E-state index in [2.05, 4.69) is 29.4 Å². The fourth-order valence-corrected chi connectivity index (χ4v) is 3.81. The average Bonchev–Trinajstić information content (AvgIpc) is 3.21. The molecule has 26 heavy (non-hydrogen) atoms. The van der Waals surface area contributed by atoms with Gasteiger partial charge in [0.15, 0.2) is 0 Å². The topological polar surface area (TPSA) is 84.4 Å². The number of ether oxygens (including phenoxy) is 1. The third kappa shape index (κ3) is 4.19. The Labute approximate surface area is 156 Å². The van der Waals surface area contributed by atoms with Crippen LogP contribution in [0.4, 0.5) is 10.8 Å². The lowest BCUT2D eigenvalue weighted by atomic mass is 10.1. The van der Waals surface area contributed by atoms with Gasteiger partial charge in [-0.05, 0) is 18.1 Å². The number of anilines is 2. The predicted octanol–water partition coefficient (Wildman–Crippen LogP) is 2.74. The second kappa shape index (κ2) is 7.82. The lowest BCUT2D eigenvalue weighted by Crippen LogP contribution is -2.28. The van der Waals surface area contributed by atoms with Crippen LogP contribution in [0.1, 0.15) is 25.3 Å². The first-order valence-corrected chi connectivity index (χ1v) is 9.35. The Morgan fingerprint density at radius 3 is 2.96 bits per heavy atom. The minimum Gasteiger partial charge on any atom is -0.497 e. The molecule has 2 heterocycles. The van der Waals surface area contributed by atoms with Gasteiger partial charge in [0.2, 0.25) is 16.9 Å². The summed E-state index contributed by atoms with van der Waals surface area (Å²) in [4.78, 5) is 26.5. The van der Waals surface area contributed by atoms with E-state index < -0.39 is 5.92 Å². The number of methoxy groups -OCH3 is 1. The highest BCUT2D eigenvalue weighted by atomic mass is 32.1. The molecule has 0 spiro atoms. The highest BCUT2D eigenvalue weighted by Crippen LogP contribution is 2.29. The van der Waals surface area contributed by atoms with Crippen LogP contribution in [0, 0.1) is 11.8 Å². The number of benzene rings is 1. The molecule has 2 aromatic rings. The van der Waals surface area contributed by atoms with Gasteiger partial charge in [-0.15, -0.1) is 10.2 Å². The summed E-state index contributed by atoms with van der Waals surface area (Å²) in [6.07, 6.45) is 1.01. The van der Waals surface area contributed by atoms with Crippen molar-refractivity contribution >= 4 is 34.0 Å². The predicted molar refractivity (Wildman–Crippen MR) is 101 cm³/mol. The van der Waals surface area contributed by atoms with E-state index in [-0.39, 0.29) is 18.2 Å². The van der Waals surface area contributed by atoms with E-state index in [1.807, 2.05) is 18.2 Å². The third-order valence-electron chi connectivity index (χ3n) is 4.14. The fourth-order valence-electron chi connectivity index (χ4n) is 2.85. The van der Waals surface area contributed by atoms with Crippen LogP contribution in [-0.4, -0.2) is 35.7 Å². The highest BCUT2D eigenvalue weighted by molar-refractivity contribution is 7.15. The Kier molecular flexibility index (Phi) is 5.51. The SMILES string of the molecule is COc1cccc(N2C[C@H](C(=O)Nc3nnc(CC(C)C)s3)CC2=O)c1. The maximum absolute atomic E-state index is 12.5. The van der Waals surface area contributed by atoms with Crippen LogP contribution < -0.4 is 15.0 Å². The molecule has 1 aromatic heterocycles. The van der Waals surface area contributed by atoms with E-state index in [0.29, 0.717) is 23.3 Å². The molecular weight excluding hydrogens is 352 g/mol. The minimum atomic E-state index is -0.411. The standard InChI is InChI=1S/C18H22N4O3S/c1-11(2)7-15-20-21-18(26-15)19-17(24)12-8-16(23)22(10-12)13-5-4-6-14(9-13)25-3/h4-6,9,11-12H,7-8,10H2,1-3H3,(H,19,21,24)/t12-/m1/s1. The van der Waals surface area contributed by atoms with Crippen molar-refractivity contribution in [3.8, 4) is 5.75 Å². The van der Waals surface area contributed by atoms with Crippen LogP contribution in [0.2, 0.25) is 0 Å². The smallest absolute Gasteiger partial charge is 0.231 e. The molecule has 0 bridgehead atoms. The Morgan fingerprint density at radius 1 is 1.42 bits per heavy atom. The summed E-state index contributed by atoms with van der Waals surface area (Å²) in [5, 5.41) is 12.3. The molecule has 0 unspecified atom stereocenters. The number of nitrogens with one attached hydrogen (secondary N) is 1. The molecule has 0 aliphatic carbocycles.